The molecule has 2 saturated heterocycles. The van der Waals surface area contributed by atoms with Gasteiger partial charge < -0.3 is 10.1 Å². The maximum absolute atomic E-state index is 5.39. The molecule has 2 heterocycles. The summed E-state index contributed by atoms with van der Waals surface area (Å²) in [5.41, 5.74) is 0.430. The van der Waals surface area contributed by atoms with Crippen LogP contribution in [-0.2, 0) is 4.74 Å². The number of nitrogens with zero attached hydrogens (tertiary/aromatic N) is 2. The average Bonchev–Trinajstić information content (AvgIpc) is 2.24. The molecule has 18 heavy (non-hydrogen) atoms. The second-order valence-electron chi connectivity index (χ2n) is 7.06. The predicted octanol–water partition coefficient (Wildman–Crippen LogP) is 0.781. The zero-order valence-corrected chi connectivity index (χ0v) is 12.5. The summed E-state index contributed by atoms with van der Waals surface area (Å²) in [6.45, 7) is 17.8. The van der Waals surface area contributed by atoms with Crippen LogP contribution in [0.15, 0.2) is 0 Å². The zero-order valence-electron chi connectivity index (χ0n) is 12.5. The lowest BCUT2D eigenvalue weighted by molar-refractivity contribution is 0.0227. The summed E-state index contributed by atoms with van der Waals surface area (Å²) in [6, 6.07) is 0. The molecule has 0 aromatic carbocycles. The molecule has 0 saturated carbocycles. The molecule has 2 aliphatic rings. The molecule has 0 unspecified atom stereocenters. The zero-order chi connectivity index (χ0) is 13.2. The summed E-state index contributed by atoms with van der Waals surface area (Å²) in [6.07, 6.45) is 0. The van der Waals surface area contributed by atoms with Crippen LogP contribution >= 0.6 is 0 Å². The van der Waals surface area contributed by atoms with Crippen molar-refractivity contribution < 1.29 is 4.74 Å². The largest absolute Gasteiger partial charge is 0.379 e. The molecular weight excluding hydrogens is 226 g/mol. The Morgan fingerprint density at radius 2 is 1.39 bits per heavy atom. The monoisotopic (exact) mass is 255 g/mol. The lowest BCUT2D eigenvalue weighted by Gasteiger charge is -2.48. The normalized spacial score (nSPS) is 29.3. The van der Waals surface area contributed by atoms with Crippen LogP contribution < -0.4 is 5.32 Å². The van der Waals surface area contributed by atoms with E-state index in [1.54, 1.807) is 0 Å². The minimum atomic E-state index is 0.215. The molecule has 0 aromatic rings. The van der Waals surface area contributed by atoms with Crippen LogP contribution in [0, 0.1) is 0 Å². The highest BCUT2D eigenvalue weighted by atomic mass is 16.5. The topological polar surface area (TPSA) is 27.7 Å². The second kappa shape index (κ2) is 5.45. The van der Waals surface area contributed by atoms with Crippen molar-refractivity contribution in [2.75, 3.05) is 52.5 Å². The van der Waals surface area contributed by atoms with Crippen molar-refractivity contribution in [2.45, 2.75) is 38.8 Å². The number of piperazine rings is 1. The van der Waals surface area contributed by atoms with Gasteiger partial charge in [-0.05, 0) is 27.7 Å². The fourth-order valence-electron chi connectivity index (χ4n) is 3.43. The van der Waals surface area contributed by atoms with Crippen molar-refractivity contribution in [1.82, 2.24) is 15.1 Å². The summed E-state index contributed by atoms with van der Waals surface area (Å²) >= 11 is 0. The number of hydrogen-bond donors (Lipinski definition) is 1. The highest BCUT2D eigenvalue weighted by Crippen LogP contribution is 2.20. The van der Waals surface area contributed by atoms with Gasteiger partial charge in [-0.15, -0.1) is 0 Å². The van der Waals surface area contributed by atoms with Gasteiger partial charge in [0.25, 0.3) is 0 Å². The van der Waals surface area contributed by atoms with Crippen molar-refractivity contribution >= 4 is 0 Å². The maximum atomic E-state index is 5.39. The molecule has 2 aliphatic heterocycles. The van der Waals surface area contributed by atoms with Gasteiger partial charge in [0.2, 0.25) is 0 Å². The molecule has 2 rings (SSSR count). The quantitative estimate of drug-likeness (QED) is 0.806. The van der Waals surface area contributed by atoms with Gasteiger partial charge in [0.1, 0.15) is 0 Å². The van der Waals surface area contributed by atoms with E-state index in [2.05, 4.69) is 42.8 Å². The first-order chi connectivity index (χ1) is 8.36. The van der Waals surface area contributed by atoms with Crippen LogP contribution in [0.2, 0.25) is 0 Å². The van der Waals surface area contributed by atoms with Crippen LogP contribution in [0.4, 0.5) is 0 Å². The molecule has 0 aliphatic carbocycles. The molecule has 106 valence electrons. The Hall–Kier alpha value is -0.160. The Labute approximate surface area is 112 Å². The highest BCUT2D eigenvalue weighted by Gasteiger charge is 2.36. The Morgan fingerprint density at radius 1 is 0.889 bits per heavy atom. The smallest absolute Gasteiger partial charge is 0.0594 e. The van der Waals surface area contributed by atoms with Crippen molar-refractivity contribution in [3.05, 3.63) is 0 Å². The van der Waals surface area contributed by atoms with Crippen molar-refractivity contribution in [3.63, 3.8) is 0 Å². The summed E-state index contributed by atoms with van der Waals surface area (Å²) in [4.78, 5) is 5.12. The van der Waals surface area contributed by atoms with Gasteiger partial charge in [0.05, 0.1) is 13.2 Å². The van der Waals surface area contributed by atoms with E-state index in [4.69, 9.17) is 4.74 Å². The number of nitrogens with one attached hydrogen (secondary N) is 1. The predicted molar refractivity (Wildman–Crippen MR) is 75.0 cm³/mol. The van der Waals surface area contributed by atoms with E-state index < -0.39 is 0 Å². The minimum Gasteiger partial charge on any atom is -0.379 e. The SMILES string of the molecule is CC1(C)CN(CCN2CCOCC2)CC(C)(C)N1. The average molecular weight is 255 g/mol. The van der Waals surface area contributed by atoms with Crippen molar-refractivity contribution in [2.24, 2.45) is 0 Å². The van der Waals surface area contributed by atoms with Crippen LogP contribution in [0.5, 0.6) is 0 Å². The molecule has 4 nitrogen and oxygen atoms in total. The van der Waals surface area contributed by atoms with E-state index in [9.17, 15) is 0 Å². The first kappa shape index (κ1) is 14.3. The second-order valence-corrected chi connectivity index (χ2v) is 7.06. The number of ether oxygens (including phenoxy) is 1. The van der Waals surface area contributed by atoms with E-state index in [0.717, 1.165) is 39.4 Å². The molecular formula is C14H29N3O. The third-order valence-electron chi connectivity index (χ3n) is 3.75. The lowest BCUT2D eigenvalue weighted by Crippen LogP contribution is -2.67. The first-order valence-electron chi connectivity index (χ1n) is 7.18. The molecule has 1 N–H and O–H groups in total. The van der Waals surface area contributed by atoms with E-state index in [0.29, 0.717) is 0 Å². The van der Waals surface area contributed by atoms with Gasteiger partial charge in [-0.25, -0.2) is 0 Å². The van der Waals surface area contributed by atoms with E-state index in [-0.39, 0.29) is 11.1 Å². The van der Waals surface area contributed by atoms with Gasteiger partial charge in [0, 0.05) is 50.3 Å². The van der Waals surface area contributed by atoms with Crippen molar-refractivity contribution in [1.29, 1.82) is 0 Å². The molecule has 0 atom stereocenters. The summed E-state index contributed by atoms with van der Waals surface area (Å²) in [5.74, 6) is 0. The van der Waals surface area contributed by atoms with Crippen LogP contribution in [0.25, 0.3) is 0 Å². The highest BCUT2D eigenvalue weighted by molar-refractivity contribution is 4.97. The van der Waals surface area contributed by atoms with Crippen LogP contribution in [0.1, 0.15) is 27.7 Å². The number of morpholine rings is 1. The lowest BCUT2D eigenvalue weighted by atomic mass is 9.91. The van der Waals surface area contributed by atoms with E-state index in [1.807, 2.05) is 0 Å². The standard InChI is InChI=1S/C14H29N3O/c1-13(2)11-17(12-14(3,4)15-13)6-5-16-7-9-18-10-8-16/h15H,5-12H2,1-4H3. The molecule has 0 amide bonds. The minimum absolute atomic E-state index is 0.215. The van der Waals surface area contributed by atoms with Gasteiger partial charge >= 0.3 is 0 Å². The summed E-state index contributed by atoms with van der Waals surface area (Å²) < 4.78 is 5.39. The maximum Gasteiger partial charge on any atom is 0.0594 e. The van der Waals surface area contributed by atoms with E-state index in [1.165, 1.54) is 13.1 Å². The van der Waals surface area contributed by atoms with Crippen LogP contribution in [0.3, 0.4) is 0 Å². The Morgan fingerprint density at radius 3 is 1.94 bits per heavy atom. The van der Waals surface area contributed by atoms with Crippen molar-refractivity contribution in [3.8, 4) is 0 Å². The van der Waals surface area contributed by atoms with Gasteiger partial charge in [-0.1, -0.05) is 0 Å². The van der Waals surface area contributed by atoms with E-state index >= 15 is 0 Å². The Balaban J connectivity index is 1.81. The van der Waals surface area contributed by atoms with Crippen LogP contribution in [-0.4, -0.2) is 73.4 Å². The molecule has 0 radical (unpaired) electrons. The number of rotatable bonds is 3. The molecule has 2 fully saturated rings. The third-order valence-corrected chi connectivity index (χ3v) is 3.75. The molecule has 0 bridgehead atoms. The first-order valence-corrected chi connectivity index (χ1v) is 7.18. The molecule has 0 aromatic heterocycles. The Kier molecular flexibility index (Phi) is 4.32. The summed E-state index contributed by atoms with van der Waals surface area (Å²) in [7, 11) is 0. The van der Waals surface area contributed by atoms with Gasteiger partial charge in [-0.2, -0.15) is 0 Å². The molecule has 4 heteroatoms. The third kappa shape index (κ3) is 4.19. The van der Waals surface area contributed by atoms with Gasteiger partial charge in [-0.3, -0.25) is 9.80 Å². The fourth-order valence-corrected chi connectivity index (χ4v) is 3.43. The van der Waals surface area contributed by atoms with Gasteiger partial charge in [0.15, 0.2) is 0 Å². The summed E-state index contributed by atoms with van der Waals surface area (Å²) in [5, 5.41) is 3.72. The Bertz CT molecular complexity index is 256. The molecule has 0 spiro atoms. The fraction of sp³-hybridized carbons (Fsp3) is 1.00. The number of hydrogen-bond acceptors (Lipinski definition) is 4.